The number of H-pyrrole nitrogens is 1. The zero-order chi connectivity index (χ0) is 14.3. The van der Waals surface area contributed by atoms with E-state index in [1.165, 1.54) is 18.5 Å². The van der Waals surface area contributed by atoms with Gasteiger partial charge in [0.1, 0.15) is 0 Å². The maximum atomic E-state index is 12.6. The number of rotatable bonds is 1. The zero-order valence-electron chi connectivity index (χ0n) is 9.85. The molecule has 2 aromatic heterocycles. The quantitative estimate of drug-likeness (QED) is 0.742. The number of hydrogen-bond donors (Lipinski definition) is 1. The van der Waals surface area contributed by atoms with Crippen molar-refractivity contribution in [2.75, 3.05) is 0 Å². The fourth-order valence-corrected chi connectivity index (χ4v) is 1.89. The molecule has 102 valence electrons. The Labute approximate surface area is 109 Å². The Kier molecular flexibility index (Phi) is 2.60. The monoisotopic (exact) mass is 280 g/mol. The van der Waals surface area contributed by atoms with E-state index in [0.29, 0.717) is 0 Å². The standard InChI is InChI=1S/C12H7F3N4O/c13-12(14,15)7-2-3-9-8(6-7)18-11(20)19(9)10-16-4-1-5-17-10/h1-6H,(H,18,20). The molecule has 0 aliphatic heterocycles. The molecule has 0 unspecified atom stereocenters. The van der Waals surface area contributed by atoms with Gasteiger partial charge < -0.3 is 4.98 Å². The molecule has 0 atom stereocenters. The summed E-state index contributed by atoms with van der Waals surface area (Å²) in [5, 5.41) is 0. The molecular weight excluding hydrogens is 273 g/mol. The lowest BCUT2D eigenvalue weighted by Gasteiger charge is -2.06. The van der Waals surface area contributed by atoms with Crippen LogP contribution in [-0.2, 0) is 6.18 Å². The summed E-state index contributed by atoms with van der Waals surface area (Å²) in [6, 6.07) is 4.59. The molecular formula is C12H7F3N4O. The van der Waals surface area contributed by atoms with Gasteiger partial charge in [-0.1, -0.05) is 0 Å². The van der Waals surface area contributed by atoms with Crippen molar-refractivity contribution in [1.82, 2.24) is 19.5 Å². The number of imidazole rings is 1. The molecule has 0 amide bonds. The summed E-state index contributed by atoms with van der Waals surface area (Å²) in [4.78, 5) is 22.0. The third-order valence-corrected chi connectivity index (χ3v) is 2.76. The zero-order valence-corrected chi connectivity index (χ0v) is 9.85. The molecule has 8 heteroatoms. The summed E-state index contributed by atoms with van der Waals surface area (Å²) in [5.74, 6) is 0.100. The van der Waals surface area contributed by atoms with Crippen LogP contribution < -0.4 is 5.69 Å². The van der Waals surface area contributed by atoms with Gasteiger partial charge in [0.05, 0.1) is 16.6 Å². The van der Waals surface area contributed by atoms with E-state index in [1.807, 2.05) is 0 Å². The molecule has 0 aliphatic rings. The van der Waals surface area contributed by atoms with E-state index in [1.54, 1.807) is 6.07 Å². The SMILES string of the molecule is O=c1[nH]c2cc(C(F)(F)F)ccc2n1-c1ncccn1. The molecule has 5 nitrogen and oxygen atoms in total. The fraction of sp³-hybridized carbons (Fsp3) is 0.0833. The molecule has 0 spiro atoms. The lowest BCUT2D eigenvalue weighted by Crippen LogP contribution is -2.16. The van der Waals surface area contributed by atoms with Crippen LogP contribution in [-0.4, -0.2) is 19.5 Å². The van der Waals surface area contributed by atoms with Gasteiger partial charge in [-0.2, -0.15) is 13.2 Å². The third kappa shape index (κ3) is 1.94. The highest BCUT2D eigenvalue weighted by atomic mass is 19.4. The minimum atomic E-state index is -4.46. The molecule has 0 saturated heterocycles. The lowest BCUT2D eigenvalue weighted by molar-refractivity contribution is -0.137. The normalized spacial score (nSPS) is 11.9. The Balaban J connectivity index is 2.26. The van der Waals surface area contributed by atoms with Gasteiger partial charge >= 0.3 is 11.9 Å². The summed E-state index contributed by atoms with van der Waals surface area (Å²) >= 11 is 0. The van der Waals surface area contributed by atoms with Crippen molar-refractivity contribution in [3.8, 4) is 5.95 Å². The summed E-state index contributed by atoms with van der Waals surface area (Å²) in [5.41, 5.74) is -1.05. The van der Waals surface area contributed by atoms with Gasteiger partial charge in [0, 0.05) is 12.4 Å². The summed E-state index contributed by atoms with van der Waals surface area (Å²) in [7, 11) is 0. The van der Waals surface area contributed by atoms with Gasteiger partial charge in [0.25, 0.3) is 0 Å². The Morgan fingerprint density at radius 2 is 1.85 bits per heavy atom. The van der Waals surface area contributed by atoms with Crippen molar-refractivity contribution < 1.29 is 13.2 Å². The van der Waals surface area contributed by atoms with Crippen molar-refractivity contribution in [3.05, 3.63) is 52.7 Å². The summed E-state index contributed by atoms with van der Waals surface area (Å²) in [6.07, 6.45) is -1.58. The number of alkyl halides is 3. The number of hydrogen-bond acceptors (Lipinski definition) is 3. The predicted molar refractivity (Wildman–Crippen MR) is 64.5 cm³/mol. The number of halogens is 3. The van der Waals surface area contributed by atoms with Crippen molar-refractivity contribution in [2.24, 2.45) is 0 Å². The molecule has 20 heavy (non-hydrogen) atoms. The molecule has 3 aromatic rings. The van der Waals surface area contributed by atoms with Crippen LogP contribution in [0.2, 0.25) is 0 Å². The van der Waals surface area contributed by atoms with Gasteiger partial charge in [-0.15, -0.1) is 0 Å². The maximum absolute atomic E-state index is 12.6. The number of benzene rings is 1. The number of aromatic nitrogens is 4. The second kappa shape index (κ2) is 4.19. The van der Waals surface area contributed by atoms with E-state index < -0.39 is 17.4 Å². The molecule has 0 fully saturated rings. The molecule has 1 aromatic carbocycles. The molecule has 0 radical (unpaired) electrons. The lowest BCUT2D eigenvalue weighted by atomic mass is 10.2. The Morgan fingerprint density at radius 3 is 2.50 bits per heavy atom. The first-order valence-electron chi connectivity index (χ1n) is 5.56. The van der Waals surface area contributed by atoms with Crippen molar-refractivity contribution >= 4 is 11.0 Å². The van der Waals surface area contributed by atoms with E-state index in [4.69, 9.17) is 0 Å². The molecule has 3 rings (SSSR count). The smallest absolute Gasteiger partial charge is 0.305 e. The first-order valence-corrected chi connectivity index (χ1v) is 5.56. The van der Waals surface area contributed by atoms with Crippen LogP contribution in [0.5, 0.6) is 0 Å². The molecule has 2 heterocycles. The Morgan fingerprint density at radius 1 is 1.15 bits per heavy atom. The summed E-state index contributed by atoms with van der Waals surface area (Å²) in [6.45, 7) is 0. The van der Waals surface area contributed by atoms with Gasteiger partial charge in [0.15, 0.2) is 0 Å². The second-order valence-corrected chi connectivity index (χ2v) is 4.04. The van der Waals surface area contributed by atoms with Gasteiger partial charge in [-0.05, 0) is 24.3 Å². The second-order valence-electron chi connectivity index (χ2n) is 4.04. The number of nitrogens with zero attached hydrogens (tertiary/aromatic N) is 3. The van der Waals surface area contributed by atoms with E-state index in [-0.39, 0.29) is 17.0 Å². The Bertz CT molecular complexity index is 820. The van der Waals surface area contributed by atoms with Crippen LogP contribution in [0.3, 0.4) is 0 Å². The first-order chi connectivity index (χ1) is 9.47. The van der Waals surface area contributed by atoms with Crippen molar-refractivity contribution in [3.63, 3.8) is 0 Å². The van der Waals surface area contributed by atoms with Crippen LogP contribution in [0.15, 0.2) is 41.5 Å². The highest BCUT2D eigenvalue weighted by Crippen LogP contribution is 2.30. The van der Waals surface area contributed by atoms with E-state index in [9.17, 15) is 18.0 Å². The fourth-order valence-electron chi connectivity index (χ4n) is 1.89. The van der Waals surface area contributed by atoms with Crippen molar-refractivity contribution in [1.29, 1.82) is 0 Å². The minimum Gasteiger partial charge on any atom is -0.305 e. The van der Waals surface area contributed by atoms with Crippen molar-refractivity contribution in [2.45, 2.75) is 6.18 Å². The van der Waals surface area contributed by atoms with E-state index >= 15 is 0 Å². The average Bonchev–Trinajstić information content (AvgIpc) is 2.73. The molecule has 1 N–H and O–H groups in total. The number of aromatic amines is 1. The van der Waals surface area contributed by atoms with Gasteiger partial charge in [-0.3, -0.25) is 0 Å². The molecule has 0 aliphatic carbocycles. The topological polar surface area (TPSA) is 63.6 Å². The van der Waals surface area contributed by atoms with Crippen LogP contribution in [0.25, 0.3) is 17.0 Å². The van der Waals surface area contributed by atoms with E-state index in [0.717, 1.165) is 16.7 Å². The molecule has 0 bridgehead atoms. The van der Waals surface area contributed by atoms with Crippen LogP contribution in [0.1, 0.15) is 5.56 Å². The van der Waals surface area contributed by atoms with Crippen LogP contribution >= 0.6 is 0 Å². The highest BCUT2D eigenvalue weighted by molar-refractivity contribution is 5.77. The first kappa shape index (κ1) is 12.4. The van der Waals surface area contributed by atoms with Crippen LogP contribution in [0, 0.1) is 0 Å². The number of fused-ring (bicyclic) bond motifs is 1. The maximum Gasteiger partial charge on any atom is 0.416 e. The van der Waals surface area contributed by atoms with Crippen LogP contribution in [0.4, 0.5) is 13.2 Å². The third-order valence-electron chi connectivity index (χ3n) is 2.76. The largest absolute Gasteiger partial charge is 0.416 e. The van der Waals surface area contributed by atoms with Gasteiger partial charge in [0.2, 0.25) is 5.95 Å². The summed E-state index contributed by atoms with van der Waals surface area (Å²) < 4.78 is 39.0. The number of nitrogens with one attached hydrogen (secondary N) is 1. The highest BCUT2D eigenvalue weighted by Gasteiger charge is 2.31. The predicted octanol–water partition coefficient (Wildman–Crippen LogP) is 2.13. The van der Waals surface area contributed by atoms with E-state index in [2.05, 4.69) is 15.0 Å². The molecule has 0 saturated carbocycles. The van der Waals surface area contributed by atoms with Gasteiger partial charge in [-0.25, -0.2) is 19.3 Å². The average molecular weight is 280 g/mol. The minimum absolute atomic E-state index is 0.0808. The Hall–Kier alpha value is -2.64.